The Morgan fingerprint density at radius 1 is 1.22 bits per heavy atom. The third-order valence-corrected chi connectivity index (χ3v) is 4.33. The SMILES string of the molecule is CNc1ccnc(N2CCN(C(=O)N3CCCC3)C[C@@H](O)C2)n1. The zero-order valence-electron chi connectivity index (χ0n) is 13.5. The molecule has 0 radical (unpaired) electrons. The van der Waals surface area contributed by atoms with E-state index in [1.807, 2.05) is 9.80 Å². The maximum atomic E-state index is 12.5. The van der Waals surface area contributed by atoms with Gasteiger partial charge in [-0.2, -0.15) is 4.98 Å². The third-order valence-electron chi connectivity index (χ3n) is 4.33. The molecule has 2 aliphatic rings. The van der Waals surface area contributed by atoms with Gasteiger partial charge in [-0.1, -0.05) is 0 Å². The van der Waals surface area contributed by atoms with E-state index in [4.69, 9.17) is 0 Å². The molecular formula is C15H24N6O2. The highest BCUT2D eigenvalue weighted by atomic mass is 16.3. The molecule has 2 aliphatic heterocycles. The molecule has 0 spiro atoms. The summed E-state index contributed by atoms with van der Waals surface area (Å²) in [5.41, 5.74) is 0. The van der Waals surface area contributed by atoms with Crippen LogP contribution < -0.4 is 10.2 Å². The number of anilines is 2. The zero-order valence-corrected chi connectivity index (χ0v) is 13.5. The van der Waals surface area contributed by atoms with Gasteiger partial charge in [-0.3, -0.25) is 0 Å². The highest BCUT2D eigenvalue weighted by molar-refractivity contribution is 5.75. The fraction of sp³-hybridized carbons (Fsp3) is 0.667. The number of carbonyl (C=O) groups excluding carboxylic acids is 1. The van der Waals surface area contributed by atoms with Crippen LogP contribution in [0.15, 0.2) is 12.3 Å². The Hall–Kier alpha value is -2.09. The topological polar surface area (TPSA) is 84.8 Å². The largest absolute Gasteiger partial charge is 0.389 e. The minimum atomic E-state index is -0.606. The number of urea groups is 1. The van der Waals surface area contributed by atoms with Gasteiger partial charge in [0.15, 0.2) is 0 Å². The Bertz CT molecular complexity index is 549. The van der Waals surface area contributed by atoms with Crippen LogP contribution in [-0.2, 0) is 0 Å². The summed E-state index contributed by atoms with van der Waals surface area (Å²) in [5.74, 6) is 1.31. The van der Waals surface area contributed by atoms with Gasteiger partial charge in [0, 0.05) is 46.0 Å². The number of amides is 2. The predicted molar refractivity (Wildman–Crippen MR) is 87.6 cm³/mol. The number of carbonyl (C=O) groups is 1. The van der Waals surface area contributed by atoms with Gasteiger partial charge in [-0.25, -0.2) is 9.78 Å². The van der Waals surface area contributed by atoms with Crippen LogP contribution in [0.2, 0.25) is 0 Å². The van der Waals surface area contributed by atoms with Crippen molar-refractivity contribution in [3.63, 3.8) is 0 Å². The molecule has 2 saturated heterocycles. The van der Waals surface area contributed by atoms with Crippen molar-refractivity contribution in [2.45, 2.75) is 18.9 Å². The van der Waals surface area contributed by atoms with Gasteiger partial charge >= 0.3 is 6.03 Å². The summed E-state index contributed by atoms with van der Waals surface area (Å²) < 4.78 is 0. The first-order valence-corrected chi connectivity index (χ1v) is 8.15. The normalized spacial score (nSPS) is 22.2. The van der Waals surface area contributed by atoms with Crippen LogP contribution in [0.4, 0.5) is 16.6 Å². The molecule has 3 heterocycles. The second-order valence-corrected chi connectivity index (χ2v) is 6.01. The van der Waals surface area contributed by atoms with Gasteiger partial charge < -0.3 is 25.1 Å². The zero-order chi connectivity index (χ0) is 16.2. The molecule has 2 N–H and O–H groups in total. The molecule has 2 amide bonds. The summed E-state index contributed by atoms with van der Waals surface area (Å²) in [6.45, 7) is 3.61. The molecule has 0 unspecified atom stereocenters. The Morgan fingerprint density at radius 3 is 2.74 bits per heavy atom. The lowest BCUT2D eigenvalue weighted by Gasteiger charge is -2.27. The van der Waals surface area contributed by atoms with Crippen LogP contribution in [-0.4, -0.2) is 83.3 Å². The van der Waals surface area contributed by atoms with Crippen molar-refractivity contribution in [1.82, 2.24) is 19.8 Å². The molecule has 1 aromatic rings. The van der Waals surface area contributed by atoms with Crippen LogP contribution in [0.1, 0.15) is 12.8 Å². The summed E-state index contributed by atoms with van der Waals surface area (Å²) in [5, 5.41) is 13.3. The molecule has 23 heavy (non-hydrogen) atoms. The summed E-state index contributed by atoms with van der Waals surface area (Å²) in [4.78, 5) is 26.8. The highest BCUT2D eigenvalue weighted by Crippen LogP contribution is 2.16. The Kier molecular flexibility index (Phi) is 4.80. The van der Waals surface area contributed by atoms with Crippen molar-refractivity contribution >= 4 is 17.8 Å². The second kappa shape index (κ2) is 6.99. The van der Waals surface area contributed by atoms with E-state index in [9.17, 15) is 9.90 Å². The van der Waals surface area contributed by atoms with Gasteiger partial charge in [-0.05, 0) is 18.9 Å². The van der Waals surface area contributed by atoms with Crippen LogP contribution in [0.3, 0.4) is 0 Å². The van der Waals surface area contributed by atoms with Crippen LogP contribution in [0, 0.1) is 0 Å². The fourth-order valence-electron chi connectivity index (χ4n) is 3.09. The Labute approximate surface area is 136 Å². The number of hydrogen-bond acceptors (Lipinski definition) is 6. The van der Waals surface area contributed by atoms with E-state index in [0.29, 0.717) is 32.1 Å². The van der Waals surface area contributed by atoms with Gasteiger partial charge in [0.1, 0.15) is 5.82 Å². The maximum Gasteiger partial charge on any atom is 0.320 e. The molecule has 3 rings (SSSR count). The van der Waals surface area contributed by atoms with Gasteiger partial charge in [0.25, 0.3) is 0 Å². The summed E-state index contributed by atoms with van der Waals surface area (Å²) in [6.07, 6.45) is 3.22. The van der Waals surface area contributed by atoms with E-state index < -0.39 is 6.10 Å². The first kappa shape index (κ1) is 15.8. The smallest absolute Gasteiger partial charge is 0.320 e. The van der Waals surface area contributed by atoms with Crippen molar-refractivity contribution < 1.29 is 9.90 Å². The molecule has 8 heteroatoms. The summed E-state index contributed by atoms with van der Waals surface area (Å²) >= 11 is 0. The number of hydrogen-bond donors (Lipinski definition) is 2. The van der Waals surface area contributed by atoms with Gasteiger partial charge in [-0.15, -0.1) is 0 Å². The van der Waals surface area contributed by atoms with E-state index in [2.05, 4.69) is 15.3 Å². The second-order valence-electron chi connectivity index (χ2n) is 6.01. The molecule has 0 saturated carbocycles. The standard InChI is InChI=1S/C15H24N6O2/c1-16-13-4-5-17-14(18-13)20-8-9-21(11-12(22)10-20)15(23)19-6-2-3-7-19/h4-5,12,22H,2-3,6-11H2,1H3,(H,16,17,18)/t12-/m0/s1. The van der Waals surface area contributed by atoms with Crippen molar-refractivity contribution in [3.05, 3.63) is 12.3 Å². The molecule has 1 aromatic heterocycles. The Balaban J connectivity index is 1.68. The lowest BCUT2D eigenvalue weighted by molar-refractivity contribution is 0.121. The summed E-state index contributed by atoms with van der Waals surface area (Å²) in [7, 11) is 1.81. The first-order valence-electron chi connectivity index (χ1n) is 8.15. The number of likely N-dealkylation sites (tertiary alicyclic amines) is 1. The first-order chi connectivity index (χ1) is 11.2. The van der Waals surface area contributed by atoms with Crippen molar-refractivity contribution in [3.8, 4) is 0 Å². The van der Waals surface area contributed by atoms with Gasteiger partial charge in [0.2, 0.25) is 5.95 Å². The molecule has 126 valence electrons. The fourth-order valence-corrected chi connectivity index (χ4v) is 3.09. The third kappa shape index (κ3) is 3.64. The number of nitrogens with zero attached hydrogens (tertiary/aromatic N) is 5. The molecule has 0 bridgehead atoms. The molecule has 0 aliphatic carbocycles. The highest BCUT2D eigenvalue weighted by Gasteiger charge is 2.29. The van der Waals surface area contributed by atoms with E-state index in [1.54, 1.807) is 24.2 Å². The van der Waals surface area contributed by atoms with Crippen LogP contribution in [0.5, 0.6) is 0 Å². The average molecular weight is 320 g/mol. The molecule has 8 nitrogen and oxygen atoms in total. The quantitative estimate of drug-likeness (QED) is 0.811. The minimum Gasteiger partial charge on any atom is -0.389 e. The molecule has 2 fully saturated rings. The van der Waals surface area contributed by atoms with Gasteiger partial charge in [0.05, 0.1) is 12.6 Å². The molecular weight excluding hydrogens is 296 g/mol. The number of β-amino-alcohol motifs (C(OH)–C–C–N with tert-alkyl or cyclic N) is 1. The number of nitrogens with one attached hydrogen (secondary N) is 1. The van der Waals surface area contributed by atoms with E-state index in [0.717, 1.165) is 31.7 Å². The number of rotatable bonds is 2. The number of aromatic nitrogens is 2. The minimum absolute atomic E-state index is 0.0355. The lowest BCUT2D eigenvalue weighted by Crippen LogP contribution is -2.45. The van der Waals surface area contributed by atoms with E-state index in [-0.39, 0.29) is 6.03 Å². The van der Waals surface area contributed by atoms with Crippen LogP contribution in [0.25, 0.3) is 0 Å². The maximum absolute atomic E-state index is 12.5. The van der Waals surface area contributed by atoms with E-state index in [1.165, 1.54) is 0 Å². The summed E-state index contributed by atoms with van der Waals surface area (Å²) in [6, 6.07) is 1.83. The number of aliphatic hydroxyl groups excluding tert-OH is 1. The van der Waals surface area contributed by atoms with Crippen molar-refractivity contribution in [1.29, 1.82) is 0 Å². The Morgan fingerprint density at radius 2 is 2.00 bits per heavy atom. The predicted octanol–water partition coefficient (Wildman–Crippen LogP) is 0.217. The number of aliphatic hydroxyl groups is 1. The average Bonchev–Trinajstić information content (AvgIpc) is 3.04. The molecule has 0 aromatic carbocycles. The van der Waals surface area contributed by atoms with Crippen molar-refractivity contribution in [2.24, 2.45) is 0 Å². The lowest BCUT2D eigenvalue weighted by atomic mass is 10.3. The van der Waals surface area contributed by atoms with E-state index >= 15 is 0 Å². The molecule has 1 atom stereocenters. The van der Waals surface area contributed by atoms with Crippen molar-refractivity contribution in [2.75, 3.05) is 56.5 Å². The van der Waals surface area contributed by atoms with Crippen LogP contribution >= 0.6 is 0 Å². The monoisotopic (exact) mass is 320 g/mol.